The molecule has 4 rings (SSSR count). The molecular formula is C18H24BrN3. The largest absolute Gasteiger partial charge is 0.371 e. The number of fused-ring (bicyclic) bond motifs is 1. The average molecular weight is 362 g/mol. The molecule has 0 amide bonds. The molecule has 1 aromatic carbocycles. The smallest absolute Gasteiger partial charge is 0.0944 e. The number of aromatic nitrogens is 2. The zero-order valence-corrected chi connectivity index (χ0v) is 14.7. The summed E-state index contributed by atoms with van der Waals surface area (Å²) in [7, 11) is 0. The molecule has 118 valence electrons. The Morgan fingerprint density at radius 1 is 0.955 bits per heavy atom. The van der Waals surface area contributed by atoms with Crippen LogP contribution in [0.15, 0.2) is 22.8 Å². The predicted molar refractivity (Wildman–Crippen MR) is 95.6 cm³/mol. The number of hydrogen-bond donors (Lipinski definition) is 0. The molecule has 0 spiro atoms. The molecule has 3 nitrogen and oxygen atoms in total. The summed E-state index contributed by atoms with van der Waals surface area (Å²) in [4.78, 5) is 2.51. The number of anilines is 1. The van der Waals surface area contributed by atoms with Crippen molar-refractivity contribution in [2.45, 2.75) is 57.4 Å². The maximum Gasteiger partial charge on any atom is 0.0944 e. The monoisotopic (exact) mass is 361 g/mol. The molecule has 0 atom stereocenters. The van der Waals surface area contributed by atoms with Crippen molar-refractivity contribution in [1.82, 2.24) is 9.78 Å². The summed E-state index contributed by atoms with van der Waals surface area (Å²) in [5.41, 5.74) is 2.47. The van der Waals surface area contributed by atoms with Gasteiger partial charge in [-0.3, -0.25) is 4.68 Å². The maximum absolute atomic E-state index is 4.90. The van der Waals surface area contributed by atoms with E-state index in [0.29, 0.717) is 6.04 Å². The van der Waals surface area contributed by atoms with Crippen LogP contribution in [0.2, 0.25) is 0 Å². The summed E-state index contributed by atoms with van der Waals surface area (Å²) in [6, 6.07) is 5.15. The Morgan fingerprint density at radius 2 is 1.68 bits per heavy atom. The van der Waals surface area contributed by atoms with E-state index in [9.17, 15) is 0 Å². The van der Waals surface area contributed by atoms with Gasteiger partial charge in [0, 0.05) is 29.1 Å². The molecule has 1 aliphatic carbocycles. The molecule has 0 N–H and O–H groups in total. The summed E-state index contributed by atoms with van der Waals surface area (Å²) in [6.07, 6.45) is 12.9. The Morgan fingerprint density at radius 3 is 2.45 bits per heavy atom. The Labute approximate surface area is 140 Å². The van der Waals surface area contributed by atoms with Crippen LogP contribution >= 0.6 is 15.9 Å². The standard InChI is InChI=1S/C18H24BrN3/c19-16-11-14-13-22(15-7-3-1-4-8-15)20-17(14)12-18(16)21-9-5-2-6-10-21/h11-13,15H,1-10H2. The van der Waals surface area contributed by atoms with Crippen LogP contribution in [0.4, 0.5) is 5.69 Å². The van der Waals surface area contributed by atoms with E-state index in [0.717, 1.165) is 5.52 Å². The van der Waals surface area contributed by atoms with Crippen molar-refractivity contribution in [3.05, 3.63) is 22.8 Å². The number of halogens is 1. The van der Waals surface area contributed by atoms with Gasteiger partial charge >= 0.3 is 0 Å². The first-order valence-electron chi connectivity index (χ1n) is 8.74. The van der Waals surface area contributed by atoms with Gasteiger partial charge in [-0.15, -0.1) is 0 Å². The SMILES string of the molecule is Brc1cc2cn(C3CCCCC3)nc2cc1N1CCCCC1. The zero-order valence-electron chi connectivity index (χ0n) is 13.1. The highest BCUT2D eigenvalue weighted by Crippen LogP contribution is 2.34. The van der Waals surface area contributed by atoms with Gasteiger partial charge in [-0.25, -0.2) is 0 Å². The summed E-state index contributed by atoms with van der Waals surface area (Å²) in [5, 5.41) is 6.16. The van der Waals surface area contributed by atoms with E-state index in [1.165, 1.54) is 80.0 Å². The molecule has 1 saturated heterocycles. The highest BCUT2D eigenvalue weighted by atomic mass is 79.9. The van der Waals surface area contributed by atoms with Gasteiger partial charge < -0.3 is 4.90 Å². The second-order valence-corrected chi connectivity index (χ2v) is 7.67. The summed E-state index contributed by atoms with van der Waals surface area (Å²) in [6.45, 7) is 2.35. The van der Waals surface area contributed by atoms with Crippen molar-refractivity contribution in [2.75, 3.05) is 18.0 Å². The summed E-state index contributed by atoms with van der Waals surface area (Å²) < 4.78 is 3.45. The number of hydrogen-bond acceptors (Lipinski definition) is 2. The van der Waals surface area contributed by atoms with Crippen LogP contribution in [0.25, 0.3) is 10.9 Å². The molecule has 1 aromatic heterocycles. The van der Waals surface area contributed by atoms with Gasteiger partial charge in [0.05, 0.1) is 17.2 Å². The lowest BCUT2D eigenvalue weighted by atomic mass is 9.96. The maximum atomic E-state index is 4.90. The number of benzene rings is 1. The van der Waals surface area contributed by atoms with Gasteiger partial charge in [0.2, 0.25) is 0 Å². The van der Waals surface area contributed by atoms with Crippen LogP contribution in [0.3, 0.4) is 0 Å². The van der Waals surface area contributed by atoms with E-state index in [4.69, 9.17) is 5.10 Å². The van der Waals surface area contributed by atoms with E-state index in [1.54, 1.807) is 0 Å². The third kappa shape index (κ3) is 2.78. The number of piperidine rings is 1. The van der Waals surface area contributed by atoms with Crippen molar-refractivity contribution in [3.8, 4) is 0 Å². The normalized spacial score (nSPS) is 20.7. The van der Waals surface area contributed by atoms with Crippen LogP contribution in [0, 0.1) is 0 Å². The molecule has 1 saturated carbocycles. The molecule has 2 heterocycles. The highest BCUT2D eigenvalue weighted by molar-refractivity contribution is 9.10. The van der Waals surface area contributed by atoms with Crippen LogP contribution in [-0.4, -0.2) is 22.9 Å². The lowest BCUT2D eigenvalue weighted by molar-refractivity contribution is 0.331. The highest BCUT2D eigenvalue weighted by Gasteiger charge is 2.19. The fraction of sp³-hybridized carbons (Fsp3) is 0.611. The molecule has 1 aliphatic heterocycles. The van der Waals surface area contributed by atoms with Crippen LogP contribution in [-0.2, 0) is 0 Å². The van der Waals surface area contributed by atoms with Crippen molar-refractivity contribution in [1.29, 1.82) is 0 Å². The molecule has 2 aliphatic rings. The molecule has 0 bridgehead atoms. The van der Waals surface area contributed by atoms with Crippen LogP contribution < -0.4 is 4.90 Å². The third-order valence-corrected chi connectivity index (χ3v) is 5.87. The Kier molecular flexibility index (Phi) is 4.12. The van der Waals surface area contributed by atoms with Crippen molar-refractivity contribution in [3.63, 3.8) is 0 Å². The average Bonchev–Trinajstić information content (AvgIpc) is 2.98. The topological polar surface area (TPSA) is 21.1 Å². The quantitative estimate of drug-likeness (QED) is 0.723. The van der Waals surface area contributed by atoms with Crippen molar-refractivity contribution in [2.24, 2.45) is 0 Å². The molecule has 2 aromatic rings. The van der Waals surface area contributed by atoms with Gasteiger partial charge in [0.1, 0.15) is 0 Å². The van der Waals surface area contributed by atoms with E-state index in [1.807, 2.05) is 0 Å². The number of nitrogens with zero attached hydrogens (tertiary/aromatic N) is 3. The van der Waals surface area contributed by atoms with Crippen molar-refractivity contribution >= 4 is 32.5 Å². The van der Waals surface area contributed by atoms with Gasteiger partial charge in [-0.2, -0.15) is 5.10 Å². The predicted octanol–water partition coefficient (Wildman–Crippen LogP) is 5.29. The minimum absolute atomic E-state index is 0.610. The van der Waals surface area contributed by atoms with E-state index in [2.05, 4.69) is 43.8 Å². The van der Waals surface area contributed by atoms with Crippen molar-refractivity contribution < 1.29 is 0 Å². The van der Waals surface area contributed by atoms with Gasteiger partial charge in [0.25, 0.3) is 0 Å². The lowest BCUT2D eigenvalue weighted by Crippen LogP contribution is -2.29. The molecule has 22 heavy (non-hydrogen) atoms. The van der Waals surface area contributed by atoms with E-state index >= 15 is 0 Å². The Balaban J connectivity index is 1.67. The summed E-state index contributed by atoms with van der Waals surface area (Å²) >= 11 is 3.78. The van der Waals surface area contributed by atoms with Crippen LogP contribution in [0.1, 0.15) is 57.4 Å². The molecular weight excluding hydrogens is 338 g/mol. The van der Waals surface area contributed by atoms with E-state index in [-0.39, 0.29) is 0 Å². The minimum atomic E-state index is 0.610. The minimum Gasteiger partial charge on any atom is -0.371 e. The van der Waals surface area contributed by atoms with Gasteiger partial charge in [-0.1, -0.05) is 19.3 Å². The summed E-state index contributed by atoms with van der Waals surface area (Å²) in [5.74, 6) is 0. The third-order valence-electron chi connectivity index (χ3n) is 5.24. The fourth-order valence-electron chi connectivity index (χ4n) is 3.96. The van der Waals surface area contributed by atoms with Crippen LogP contribution in [0.5, 0.6) is 0 Å². The van der Waals surface area contributed by atoms with Gasteiger partial charge in [-0.05, 0) is 60.2 Å². The zero-order chi connectivity index (χ0) is 14.9. The van der Waals surface area contributed by atoms with Gasteiger partial charge in [0.15, 0.2) is 0 Å². The first-order valence-corrected chi connectivity index (χ1v) is 9.54. The fourth-order valence-corrected chi connectivity index (χ4v) is 4.57. The Hall–Kier alpha value is -1.03. The first-order chi connectivity index (χ1) is 10.8. The second-order valence-electron chi connectivity index (χ2n) is 6.81. The second kappa shape index (κ2) is 6.23. The number of rotatable bonds is 2. The first kappa shape index (κ1) is 14.6. The Bertz CT molecular complexity index is 652. The molecule has 0 unspecified atom stereocenters. The lowest BCUT2D eigenvalue weighted by Gasteiger charge is -2.29. The molecule has 2 fully saturated rings. The molecule has 4 heteroatoms. The van der Waals surface area contributed by atoms with E-state index < -0.39 is 0 Å². The molecule has 0 radical (unpaired) electrons.